The number of carbonyl (C=O) groups is 2. The number of carbonyl (C=O) groups excluding carboxylic acids is 1. The molecule has 8 heteroatoms. The SMILES string of the molecule is COc1cc(/C=N\NC(=O)c2ccncc2)ccc1O[C@@H](C)C(=O)O. The van der Waals surface area contributed by atoms with E-state index in [1.165, 1.54) is 32.6 Å². The standard InChI is InChI=1S/C17H17N3O5/c1-11(17(22)23)25-14-4-3-12(9-15(14)24-2)10-19-20-16(21)13-5-7-18-8-6-13/h3-11H,1-2H3,(H,20,21)(H,22,23)/b19-10-/t11-/m0/s1. The molecule has 0 aliphatic carbocycles. The Balaban J connectivity index is 2.05. The third-order valence-corrected chi connectivity index (χ3v) is 3.16. The predicted molar refractivity (Wildman–Crippen MR) is 90.0 cm³/mol. The molecule has 0 spiro atoms. The largest absolute Gasteiger partial charge is 0.493 e. The molecular weight excluding hydrogens is 326 g/mol. The van der Waals surface area contributed by atoms with Gasteiger partial charge in [0.2, 0.25) is 0 Å². The van der Waals surface area contributed by atoms with Crippen molar-refractivity contribution in [3.05, 3.63) is 53.9 Å². The molecule has 0 unspecified atom stereocenters. The van der Waals surface area contributed by atoms with Gasteiger partial charge in [0.25, 0.3) is 5.91 Å². The number of carboxylic acid groups (broad SMARTS) is 1. The Morgan fingerprint density at radius 2 is 1.96 bits per heavy atom. The van der Waals surface area contributed by atoms with Gasteiger partial charge < -0.3 is 14.6 Å². The number of hydrogen-bond donors (Lipinski definition) is 2. The van der Waals surface area contributed by atoms with E-state index in [9.17, 15) is 9.59 Å². The monoisotopic (exact) mass is 343 g/mol. The lowest BCUT2D eigenvalue weighted by Crippen LogP contribution is -2.23. The number of ether oxygens (including phenoxy) is 2. The van der Waals surface area contributed by atoms with Crippen LogP contribution in [0.1, 0.15) is 22.8 Å². The van der Waals surface area contributed by atoms with Crippen molar-refractivity contribution in [3.8, 4) is 11.5 Å². The van der Waals surface area contributed by atoms with Gasteiger partial charge in [-0.05, 0) is 42.8 Å². The summed E-state index contributed by atoms with van der Waals surface area (Å²) in [6.45, 7) is 1.42. The number of pyridine rings is 1. The minimum absolute atomic E-state index is 0.301. The van der Waals surface area contributed by atoms with Crippen LogP contribution in [0.5, 0.6) is 11.5 Å². The summed E-state index contributed by atoms with van der Waals surface area (Å²) in [5, 5.41) is 12.8. The highest BCUT2D eigenvalue weighted by atomic mass is 16.5. The number of benzene rings is 1. The number of methoxy groups -OCH3 is 1. The average Bonchev–Trinajstić information content (AvgIpc) is 2.63. The lowest BCUT2D eigenvalue weighted by molar-refractivity contribution is -0.144. The fraction of sp³-hybridized carbons (Fsp3) is 0.176. The molecule has 25 heavy (non-hydrogen) atoms. The Hall–Kier alpha value is -3.42. The zero-order valence-corrected chi connectivity index (χ0v) is 13.7. The van der Waals surface area contributed by atoms with Crippen LogP contribution in [0.3, 0.4) is 0 Å². The average molecular weight is 343 g/mol. The van der Waals surface area contributed by atoms with Gasteiger partial charge in [-0.1, -0.05) is 0 Å². The maximum Gasteiger partial charge on any atom is 0.344 e. The van der Waals surface area contributed by atoms with Gasteiger partial charge in [0.1, 0.15) is 0 Å². The first kappa shape index (κ1) is 17.9. The van der Waals surface area contributed by atoms with Gasteiger partial charge in [0, 0.05) is 18.0 Å². The summed E-state index contributed by atoms with van der Waals surface area (Å²) >= 11 is 0. The summed E-state index contributed by atoms with van der Waals surface area (Å²) in [6, 6.07) is 8.00. The lowest BCUT2D eigenvalue weighted by atomic mass is 10.2. The van der Waals surface area contributed by atoms with Gasteiger partial charge in [-0.3, -0.25) is 9.78 Å². The second-order valence-corrected chi connectivity index (χ2v) is 4.94. The van der Waals surface area contributed by atoms with Crippen molar-refractivity contribution in [1.29, 1.82) is 0 Å². The van der Waals surface area contributed by atoms with E-state index in [1.54, 1.807) is 30.3 Å². The second kappa shape index (κ2) is 8.44. The van der Waals surface area contributed by atoms with Gasteiger partial charge in [0.15, 0.2) is 17.6 Å². The van der Waals surface area contributed by atoms with Crippen molar-refractivity contribution in [1.82, 2.24) is 10.4 Å². The number of nitrogens with zero attached hydrogens (tertiary/aromatic N) is 2. The molecule has 0 aliphatic rings. The Bertz CT molecular complexity index is 777. The fourth-order valence-electron chi connectivity index (χ4n) is 1.84. The molecule has 1 atom stereocenters. The Morgan fingerprint density at radius 1 is 1.24 bits per heavy atom. The first-order chi connectivity index (χ1) is 12.0. The predicted octanol–water partition coefficient (Wildman–Crippen LogP) is 1.71. The van der Waals surface area contributed by atoms with Crippen molar-refractivity contribution in [2.45, 2.75) is 13.0 Å². The van der Waals surface area contributed by atoms with E-state index < -0.39 is 12.1 Å². The molecule has 0 fully saturated rings. The molecular formula is C17H17N3O5. The van der Waals surface area contributed by atoms with Gasteiger partial charge in [-0.2, -0.15) is 5.10 Å². The summed E-state index contributed by atoms with van der Waals surface area (Å²) in [5.74, 6) is -0.778. The minimum atomic E-state index is -1.08. The van der Waals surface area contributed by atoms with Crippen molar-refractivity contribution >= 4 is 18.1 Å². The van der Waals surface area contributed by atoms with E-state index in [1.807, 2.05) is 0 Å². The van der Waals surface area contributed by atoms with Gasteiger partial charge in [0.05, 0.1) is 13.3 Å². The summed E-state index contributed by atoms with van der Waals surface area (Å²) in [6.07, 6.45) is 3.46. The Kier molecular flexibility index (Phi) is 6.05. The molecule has 2 rings (SSSR count). The van der Waals surface area contributed by atoms with Crippen LogP contribution in [0.15, 0.2) is 47.8 Å². The lowest BCUT2D eigenvalue weighted by Gasteiger charge is -2.13. The third kappa shape index (κ3) is 5.03. The zero-order chi connectivity index (χ0) is 18.2. The number of rotatable bonds is 7. The highest BCUT2D eigenvalue weighted by molar-refractivity contribution is 5.94. The van der Waals surface area contributed by atoms with Gasteiger partial charge >= 0.3 is 5.97 Å². The van der Waals surface area contributed by atoms with Crippen LogP contribution in [0.25, 0.3) is 0 Å². The Morgan fingerprint density at radius 3 is 2.60 bits per heavy atom. The van der Waals surface area contributed by atoms with Gasteiger partial charge in [-0.25, -0.2) is 10.2 Å². The smallest absolute Gasteiger partial charge is 0.344 e. The van der Waals surface area contributed by atoms with E-state index in [2.05, 4.69) is 15.5 Å². The normalized spacial score (nSPS) is 11.8. The molecule has 1 heterocycles. The van der Waals surface area contributed by atoms with Crippen LogP contribution in [0.4, 0.5) is 0 Å². The fourth-order valence-corrected chi connectivity index (χ4v) is 1.84. The molecule has 2 aromatic rings. The van der Waals surface area contributed by atoms with Crippen LogP contribution < -0.4 is 14.9 Å². The summed E-state index contributed by atoms with van der Waals surface area (Å²) < 4.78 is 10.5. The molecule has 0 radical (unpaired) electrons. The summed E-state index contributed by atoms with van der Waals surface area (Å²) in [5.41, 5.74) is 3.48. The highest BCUT2D eigenvalue weighted by Crippen LogP contribution is 2.28. The van der Waals surface area contributed by atoms with Crippen molar-refractivity contribution in [3.63, 3.8) is 0 Å². The minimum Gasteiger partial charge on any atom is -0.493 e. The molecule has 0 saturated carbocycles. The number of aromatic nitrogens is 1. The van der Waals surface area contributed by atoms with Crippen molar-refractivity contribution < 1.29 is 24.2 Å². The van der Waals surface area contributed by atoms with E-state index >= 15 is 0 Å². The molecule has 130 valence electrons. The maximum atomic E-state index is 11.8. The van der Waals surface area contributed by atoms with E-state index in [4.69, 9.17) is 14.6 Å². The van der Waals surface area contributed by atoms with Gasteiger partial charge in [-0.15, -0.1) is 0 Å². The molecule has 0 aliphatic heterocycles. The third-order valence-electron chi connectivity index (χ3n) is 3.16. The molecule has 0 saturated heterocycles. The maximum absolute atomic E-state index is 11.8. The van der Waals surface area contributed by atoms with Crippen LogP contribution >= 0.6 is 0 Å². The number of nitrogens with one attached hydrogen (secondary N) is 1. The quantitative estimate of drug-likeness (QED) is 0.585. The van der Waals surface area contributed by atoms with E-state index in [0.29, 0.717) is 22.6 Å². The number of amides is 1. The van der Waals surface area contributed by atoms with Crippen LogP contribution in [0, 0.1) is 0 Å². The first-order valence-electron chi connectivity index (χ1n) is 7.32. The molecule has 0 bridgehead atoms. The topological polar surface area (TPSA) is 110 Å². The summed E-state index contributed by atoms with van der Waals surface area (Å²) in [7, 11) is 1.44. The zero-order valence-electron chi connectivity index (χ0n) is 13.7. The summed E-state index contributed by atoms with van der Waals surface area (Å²) in [4.78, 5) is 26.5. The number of hydrogen-bond acceptors (Lipinski definition) is 6. The van der Waals surface area contributed by atoms with Crippen molar-refractivity contribution in [2.75, 3.05) is 7.11 Å². The van der Waals surface area contributed by atoms with E-state index in [-0.39, 0.29) is 5.91 Å². The van der Waals surface area contributed by atoms with E-state index in [0.717, 1.165) is 0 Å². The second-order valence-electron chi connectivity index (χ2n) is 4.94. The number of carboxylic acids is 1. The van der Waals surface area contributed by atoms with Crippen molar-refractivity contribution in [2.24, 2.45) is 5.10 Å². The molecule has 1 aromatic carbocycles. The number of aliphatic carboxylic acids is 1. The number of hydrazone groups is 1. The Labute approximate surface area is 144 Å². The highest BCUT2D eigenvalue weighted by Gasteiger charge is 2.15. The molecule has 2 N–H and O–H groups in total. The van der Waals surface area contributed by atoms with Crippen LogP contribution in [0.2, 0.25) is 0 Å². The molecule has 8 nitrogen and oxygen atoms in total. The first-order valence-corrected chi connectivity index (χ1v) is 7.32. The van der Waals surface area contributed by atoms with Crippen LogP contribution in [-0.2, 0) is 4.79 Å². The molecule has 1 amide bonds. The van der Waals surface area contributed by atoms with Crippen LogP contribution in [-0.4, -0.2) is 41.4 Å². The molecule has 1 aromatic heterocycles.